The first kappa shape index (κ1) is 19.1. The number of carbonyl (C=O) groups is 1. The number of anilines is 1. The molecule has 0 aliphatic carbocycles. The van der Waals surface area contributed by atoms with Crippen LogP contribution in [-0.4, -0.2) is 41.2 Å². The molecule has 0 bridgehead atoms. The first-order valence-electron chi connectivity index (χ1n) is 7.86. The summed E-state index contributed by atoms with van der Waals surface area (Å²) in [5.41, 5.74) is 1.17. The summed E-state index contributed by atoms with van der Waals surface area (Å²) in [7, 11) is -4.10. The van der Waals surface area contributed by atoms with Crippen molar-refractivity contribution in [1.29, 1.82) is 0 Å². The minimum Gasteiger partial charge on any atom is -0.324 e. The molecule has 0 atom stereocenters. The van der Waals surface area contributed by atoms with Crippen molar-refractivity contribution in [3.8, 4) is 11.3 Å². The molecule has 2 aromatic carbocycles. The van der Waals surface area contributed by atoms with E-state index in [0.29, 0.717) is 16.9 Å². The standard InChI is InChI=1S/C16H14N6O5S/c23-16(19-14-7-2-1-6-13(14)15-9-17-21-20-15)10-18-28(26,27)12-5-3-4-11(8-12)22(24)25/h1-9,18H,10H2,(H,19,23)(H,17,20,21). The Kier molecular flexibility index (Phi) is 5.42. The van der Waals surface area contributed by atoms with Crippen molar-refractivity contribution in [1.82, 2.24) is 20.1 Å². The lowest BCUT2D eigenvalue weighted by molar-refractivity contribution is -0.385. The van der Waals surface area contributed by atoms with Gasteiger partial charge < -0.3 is 5.32 Å². The van der Waals surface area contributed by atoms with E-state index in [1.54, 1.807) is 24.3 Å². The number of amides is 1. The van der Waals surface area contributed by atoms with Gasteiger partial charge in [-0.3, -0.25) is 14.9 Å². The van der Waals surface area contributed by atoms with Crippen LogP contribution in [0.3, 0.4) is 0 Å². The van der Waals surface area contributed by atoms with Crippen LogP contribution in [0.1, 0.15) is 0 Å². The van der Waals surface area contributed by atoms with Gasteiger partial charge in [0.05, 0.1) is 28.2 Å². The molecule has 12 heteroatoms. The number of sulfonamides is 1. The molecule has 0 aliphatic heterocycles. The largest absolute Gasteiger partial charge is 0.324 e. The monoisotopic (exact) mass is 402 g/mol. The minimum absolute atomic E-state index is 0.308. The first-order valence-corrected chi connectivity index (χ1v) is 9.34. The van der Waals surface area contributed by atoms with Crippen LogP contribution in [0.5, 0.6) is 0 Å². The molecular formula is C16H14N6O5S. The zero-order chi connectivity index (χ0) is 20.1. The van der Waals surface area contributed by atoms with Gasteiger partial charge in [0.1, 0.15) is 5.69 Å². The van der Waals surface area contributed by atoms with E-state index >= 15 is 0 Å². The Balaban J connectivity index is 1.70. The number of nitro groups is 1. The Bertz CT molecular complexity index is 1110. The number of hydrogen-bond donors (Lipinski definition) is 3. The molecule has 1 aromatic heterocycles. The second-order valence-corrected chi connectivity index (χ2v) is 7.29. The molecule has 0 aliphatic rings. The molecule has 144 valence electrons. The molecule has 1 heterocycles. The average molecular weight is 402 g/mol. The third-order valence-corrected chi connectivity index (χ3v) is 5.05. The van der Waals surface area contributed by atoms with Gasteiger partial charge in [-0.05, 0) is 12.1 Å². The molecule has 3 rings (SSSR count). The van der Waals surface area contributed by atoms with E-state index in [2.05, 4.69) is 25.4 Å². The number of non-ortho nitro benzene ring substituents is 1. The van der Waals surface area contributed by atoms with Gasteiger partial charge in [0.15, 0.2) is 0 Å². The molecule has 0 spiro atoms. The number of hydrogen-bond acceptors (Lipinski definition) is 7. The number of para-hydroxylation sites is 1. The van der Waals surface area contributed by atoms with Gasteiger partial charge >= 0.3 is 0 Å². The summed E-state index contributed by atoms with van der Waals surface area (Å²) < 4.78 is 26.7. The van der Waals surface area contributed by atoms with Gasteiger partial charge in [0, 0.05) is 17.7 Å². The third-order valence-electron chi connectivity index (χ3n) is 3.65. The summed E-state index contributed by atoms with van der Waals surface area (Å²) in [5, 5.41) is 23.5. The zero-order valence-electron chi connectivity index (χ0n) is 14.2. The van der Waals surface area contributed by atoms with E-state index in [4.69, 9.17) is 0 Å². The van der Waals surface area contributed by atoms with Crippen LogP contribution >= 0.6 is 0 Å². The highest BCUT2D eigenvalue weighted by atomic mass is 32.2. The number of carbonyl (C=O) groups excluding carboxylic acids is 1. The lowest BCUT2D eigenvalue weighted by Crippen LogP contribution is -2.33. The number of rotatable bonds is 7. The Morgan fingerprint density at radius 1 is 1.18 bits per heavy atom. The van der Waals surface area contributed by atoms with Crippen LogP contribution in [0.15, 0.2) is 59.6 Å². The van der Waals surface area contributed by atoms with Crippen LogP contribution in [-0.2, 0) is 14.8 Å². The topological polar surface area (TPSA) is 160 Å². The van der Waals surface area contributed by atoms with Crippen molar-refractivity contribution < 1.29 is 18.1 Å². The minimum atomic E-state index is -4.10. The fourth-order valence-electron chi connectivity index (χ4n) is 2.35. The normalized spacial score (nSPS) is 11.1. The van der Waals surface area contributed by atoms with Crippen LogP contribution < -0.4 is 10.0 Å². The number of aromatic nitrogens is 3. The van der Waals surface area contributed by atoms with Crippen molar-refractivity contribution in [2.75, 3.05) is 11.9 Å². The summed E-state index contributed by atoms with van der Waals surface area (Å²) >= 11 is 0. The predicted molar refractivity (Wildman–Crippen MR) is 98.7 cm³/mol. The lowest BCUT2D eigenvalue weighted by atomic mass is 10.1. The SMILES string of the molecule is O=C(CNS(=O)(=O)c1cccc([N+](=O)[O-])c1)Nc1ccccc1-c1cn[nH]n1. The second-order valence-electron chi connectivity index (χ2n) is 5.53. The fourth-order valence-corrected chi connectivity index (χ4v) is 3.37. The molecule has 0 unspecified atom stereocenters. The van der Waals surface area contributed by atoms with Crippen LogP contribution in [0.2, 0.25) is 0 Å². The van der Waals surface area contributed by atoms with E-state index in [1.807, 2.05) is 0 Å². The summed E-state index contributed by atoms with van der Waals surface area (Å²) in [4.78, 5) is 22.0. The van der Waals surface area contributed by atoms with Gasteiger partial charge in [-0.15, -0.1) is 0 Å². The molecule has 1 amide bonds. The molecule has 11 nitrogen and oxygen atoms in total. The van der Waals surface area contributed by atoms with E-state index in [9.17, 15) is 23.3 Å². The Hall–Kier alpha value is -3.64. The zero-order valence-corrected chi connectivity index (χ0v) is 15.0. The highest BCUT2D eigenvalue weighted by Gasteiger charge is 2.19. The molecule has 28 heavy (non-hydrogen) atoms. The Morgan fingerprint density at radius 2 is 1.96 bits per heavy atom. The Morgan fingerprint density at radius 3 is 2.68 bits per heavy atom. The number of nitrogens with one attached hydrogen (secondary N) is 3. The summed E-state index contributed by atoms with van der Waals surface area (Å²) in [6.07, 6.45) is 1.48. The number of nitrogens with zero attached hydrogens (tertiary/aromatic N) is 3. The number of benzene rings is 2. The number of nitro benzene ring substituents is 1. The van der Waals surface area contributed by atoms with Crippen molar-refractivity contribution >= 4 is 27.3 Å². The quantitative estimate of drug-likeness (QED) is 0.396. The van der Waals surface area contributed by atoms with E-state index in [-0.39, 0.29) is 10.6 Å². The predicted octanol–water partition coefficient (Wildman–Crippen LogP) is 1.30. The van der Waals surface area contributed by atoms with E-state index in [1.165, 1.54) is 24.4 Å². The van der Waals surface area contributed by atoms with Gasteiger partial charge in [0.25, 0.3) is 5.69 Å². The van der Waals surface area contributed by atoms with Crippen LogP contribution in [0, 0.1) is 10.1 Å². The Labute approximate surface area is 159 Å². The summed E-state index contributed by atoms with van der Waals surface area (Å²) in [5.74, 6) is -0.620. The smallest absolute Gasteiger partial charge is 0.270 e. The van der Waals surface area contributed by atoms with Gasteiger partial charge in [-0.1, -0.05) is 24.3 Å². The number of H-pyrrole nitrogens is 1. The summed E-state index contributed by atoms with van der Waals surface area (Å²) in [6, 6.07) is 11.4. The third kappa shape index (κ3) is 4.36. The maximum atomic E-state index is 12.3. The fraction of sp³-hybridized carbons (Fsp3) is 0.0625. The molecular weight excluding hydrogens is 388 g/mol. The van der Waals surface area contributed by atoms with E-state index in [0.717, 1.165) is 6.07 Å². The molecule has 3 aromatic rings. The van der Waals surface area contributed by atoms with Crippen molar-refractivity contribution in [3.05, 3.63) is 64.8 Å². The van der Waals surface area contributed by atoms with Crippen molar-refractivity contribution in [2.24, 2.45) is 0 Å². The van der Waals surface area contributed by atoms with Gasteiger partial charge in [0.2, 0.25) is 15.9 Å². The molecule has 3 N–H and O–H groups in total. The van der Waals surface area contributed by atoms with Crippen LogP contribution in [0.4, 0.5) is 11.4 Å². The number of aromatic amines is 1. The highest BCUT2D eigenvalue weighted by Crippen LogP contribution is 2.25. The molecule has 0 saturated heterocycles. The van der Waals surface area contributed by atoms with E-state index < -0.39 is 27.4 Å². The van der Waals surface area contributed by atoms with Gasteiger partial charge in [-0.25, -0.2) is 13.1 Å². The second kappa shape index (κ2) is 7.94. The maximum absolute atomic E-state index is 12.3. The molecule has 0 radical (unpaired) electrons. The molecule has 0 saturated carbocycles. The maximum Gasteiger partial charge on any atom is 0.270 e. The lowest BCUT2D eigenvalue weighted by Gasteiger charge is -2.10. The van der Waals surface area contributed by atoms with Gasteiger partial charge in [-0.2, -0.15) is 15.4 Å². The molecule has 0 fully saturated rings. The van der Waals surface area contributed by atoms with Crippen molar-refractivity contribution in [3.63, 3.8) is 0 Å². The van der Waals surface area contributed by atoms with Crippen molar-refractivity contribution in [2.45, 2.75) is 4.90 Å². The average Bonchev–Trinajstić information content (AvgIpc) is 3.21. The highest BCUT2D eigenvalue weighted by molar-refractivity contribution is 7.89. The summed E-state index contributed by atoms with van der Waals surface area (Å²) in [6.45, 7) is -0.557. The first-order chi connectivity index (χ1) is 13.4. The van der Waals surface area contributed by atoms with Crippen LogP contribution in [0.25, 0.3) is 11.3 Å².